The van der Waals surface area contributed by atoms with Crippen LogP contribution in [0.25, 0.3) is 11.0 Å². The zero-order chi connectivity index (χ0) is 10.1. The predicted molar refractivity (Wildman–Crippen MR) is 59.6 cm³/mol. The fourth-order valence-electron chi connectivity index (χ4n) is 1.68. The second-order valence-electron chi connectivity index (χ2n) is 3.40. The number of aryl methyl sites for hydroxylation is 2. The SMILES string of the molecule is CCc1nc2ccc(CCl)cc2n1C. The van der Waals surface area contributed by atoms with Crippen molar-refractivity contribution in [1.82, 2.24) is 9.55 Å². The monoisotopic (exact) mass is 208 g/mol. The molecule has 0 radical (unpaired) electrons. The average Bonchev–Trinajstić information content (AvgIpc) is 2.55. The summed E-state index contributed by atoms with van der Waals surface area (Å²) >= 11 is 5.79. The first kappa shape index (κ1) is 9.53. The lowest BCUT2D eigenvalue weighted by Gasteiger charge is -1.99. The minimum absolute atomic E-state index is 0.558. The zero-order valence-electron chi connectivity index (χ0n) is 8.42. The average molecular weight is 209 g/mol. The topological polar surface area (TPSA) is 17.8 Å². The number of rotatable bonds is 2. The van der Waals surface area contributed by atoms with Gasteiger partial charge < -0.3 is 4.57 Å². The Morgan fingerprint density at radius 3 is 2.86 bits per heavy atom. The van der Waals surface area contributed by atoms with Gasteiger partial charge in [0.2, 0.25) is 0 Å². The molecule has 0 aliphatic carbocycles. The molecule has 0 saturated heterocycles. The highest BCUT2D eigenvalue weighted by atomic mass is 35.5. The summed E-state index contributed by atoms with van der Waals surface area (Å²) in [6.45, 7) is 2.11. The van der Waals surface area contributed by atoms with E-state index < -0.39 is 0 Å². The van der Waals surface area contributed by atoms with Crippen LogP contribution in [0.3, 0.4) is 0 Å². The largest absolute Gasteiger partial charge is 0.331 e. The highest BCUT2D eigenvalue weighted by Crippen LogP contribution is 2.18. The molecule has 0 bridgehead atoms. The van der Waals surface area contributed by atoms with E-state index in [4.69, 9.17) is 11.6 Å². The summed E-state index contributed by atoms with van der Waals surface area (Å²) in [6.07, 6.45) is 0.960. The minimum atomic E-state index is 0.558. The molecule has 14 heavy (non-hydrogen) atoms. The lowest BCUT2D eigenvalue weighted by molar-refractivity contribution is 0.829. The Bertz CT molecular complexity index is 460. The Labute approximate surface area is 88.5 Å². The number of halogens is 1. The van der Waals surface area contributed by atoms with E-state index in [2.05, 4.69) is 22.5 Å². The third kappa shape index (κ3) is 1.40. The molecule has 0 aliphatic heterocycles. The number of aromatic nitrogens is 2. The molecule has 0 spiro atoms. The summed E-state index contributed by atoms with van der Waals surface area (Å²) in [5, 5.41) is 0. The van der Waals surface area contributed by atoms with Crippen LogP contribution in [-0.2, 0) is 19.3 Å². The van der Waals surface area contributed by atoms with E-state index in [-0.39, 0.29) is 0 Å². The van der Waals surface area contributed by atoms with Crippen molar-refractivity contribution < 1.29 is 0 Å². The van der Waals surface area contributed by atoms with E-state index in [0.29, 0.717) is 5.88 Å². The van der Waals surface area contributed by atoms with E-state index in [1.54, 1.807) is 0 Å². The van der Waals surface area contributed by atoms with Gasteiger partial charge in [-0.05, 0) is 17.7 Å². The lowest BCUT2D eigenvalue weighted by Crippen LogP contribution is -1.95. The Balaban J connectivity index is 2.68. The molecule has 1 heterocycles. The predicted octanol–water partition coefficient (Wildman–Crippen LogP) is 2.87. The van der Waals surface area contributed by atoms with Gasteiger partial charge in [0.25, 0.3) is 0 Å². The molecule has 2 rings (SSSR count). The molecule has 0 N–H and O–H groups in total. The van der Waals surface area contributed by atoms with Gasteiger partial charge in [-0.15, -0.1) is 11.6 Å². The summed E-state index contributed by atoms with van der Waals surface area (Å²) in [5.41, 5.74) is 3.36. The number of benzene rings is 1. The maximum absolute atomic E-state index is 5.79. The van der Waals surface area contributed by atoms with Gasteiger partial charge in [-0.3, -0.25) is 0 Å². The van der Waals surface area contributed by atoms with E-state index in [1.807, 2.05) is 19.2 Å². The van der Waals surface area contributed by atoms with Crippen molar-refractivity contribution >= 4 is 22.6 Å². The first-order chi connectivity index (χ1) is 6.76. The molecule has 0 atom stereocenters. The number of fused-ring (bicyclic) bond motifs is 1. The highest BCUT2D eigenvalue weighted by Gasteiger charge is 2.05. The molecule has 0 aliphatic rings. The molecule has 1 aromatic heterocycles. The molecule has 2 nitrogen and oxygen atoms in total. The van der Waals surface area contributed by atoms with Crippen LogP contribution in [0.15, 0.2) is 18.2 Å². The number of imidazole rings is 1. The third-order valence-corrected chi connectivity index (χ3v) is 2.82. The van der Waals surface area contributed by atoms with Gasteiger partial charge in [0, 0.05) is 19.3 Å². The number of nitrogens with zero attached hydrogens (tertiary/aromatic N) is 2. The fourth-order valence-corrected chi connectivity index (χ4v) is 1.85. The second-order valence-corrected chi connectivity index (χ2v) is 3.66. The van der Waals surface area contributed by atoms with Gasteiger partial charge in [-0.25, -0.2) is 4.98 Å². The second kappa shape index (κ2) is 3.62. The fraction of sp³-hybridized carbons (Fsp3) is 0.364. The molecule has 0 saturated carbocycles. The summed E-state index contributed by atoms with van der Waals surface area (Å²) in [6, 6.07) is 6.17. The van der Waals surface area contributed by atoms with Crippen molar-refractivity contribution in [2.24, 2.45) is 7.05 Å². The summed E-state index contributed by atoms with van der Waals surface area (Å²) < 4.78 is 2.13. The lowest BCUT2D eigenvalue weighted by atomic mass is 10.2. The maximum Gasteiger partial charge on any atom is 0.109 e. The van der Waals surface area contributed by atoms with Crippen LogP contribution in [0.2, 0.25) is 0 Å². The van der Waals surface area contributed by atoms with E-state index >= 15 is 0 Å². The molecule has 3 heteroatoms. The molecule has 2 aromatic rings. The van der Waals surface area contributed by atoms with Crippen LogP contribution >= 0.6 is 11.6 Å². The van der Waals surface area contributed by atoms with Crippen molar-refractivity contribution in [2.45, 2.75) is 19.2 Å². The van der Waals surface area contributed by atoms with Crippen LogP contribution in [0, 0.1) is 0 Å². The number of hydrogen-bond donors (Lipinski definition) is 0. The molecule has 74 valence electrons. The Kier molecular flexibility index (Phi) is 2.46. The van der Waals surface area contributed by atoms with Crippen LogP contribution in [0.1, 0.15) is 18.3 Å². The van der Waals surface area contributed by atoms with E-state index in [9.17, 15) is 0 Å². The van der Waals surface area contributed by atoms with Crippen molar-refractivity contribution in [3.8, 4) is 0 Å². The standard InChI is InChI=1S/C11H13ClN2/c1-3-11-13-9-5-4-8(7-12)6-10(9)14(11)2/h4-6H,3,7H2,1-2H3. The van der Waals surface area contributed by atoms with Gasteiger partial charge in [0.15, 0.2) is 0 Å². The van der Waals surface area contributed by atoms with Gasteiger partial charge >= 0.3 is 0 Å². The van der Waals surface area contributed by atoms with Gasteiger partial charge in [0.1, 0.15) is 5.82 Å². The molecular formula is C11H13ClN2. The Morgan fingerprint density at radius 1 is 1.43 bits per heavy atom. The summed E-state index contributed by atoms with van der Waals surface area (Å²) in [7, 11) is 2.05. The summed E-state index contributed by atoms with van der Waals surface area (Å²) in [4.78, 5) is 4.53. The van der Waals surface area contributed by atoms with Crippen molar-refractivity contribution in [3.63, 3.8) is 0 Å². The normalized spacial score (nSPS) is 11.1. The first-order valence-corrected chi connectivity index (χ1v) is 5.30. The maximum atomic E-state index is 5.79. The Morgan fingerprint density at radius 2 is 2.21 bits per heavy atom. The van der Waals surface area contributed by atoms with Gasteiger partial charge in [0.05, 0.1) is 11.0 Å². The van der Waals surface area contributed by atoms with Crippen molar-refractivity contribution in [3.05, 3.63) is 29.6 Å². The van der Waals surface area contributed by atoms with Crippen LogP contribution in [0.5, 0.6) is 0 Å². The van der Waals surface area contributed by atoms with Crippen molar-refractivity contribution in [1.29, 1.82) is 0 Å². The molecule has 0 amide bonds. The van der Waals surface area contributed by atoms with Crippen LogP contribution < -0.4 is 0 Å². The van der Waals surface area contributed by atoms with Crippen LogP contribution in [-0.4, -0.2) is 9.55 Å². The van der Waals surface area contributed by atoms with Crippen LogP contribution in [0.4, 0.5) is 0 Å². The summed E-state index contributed by atoms with van der Waals surface area (Å²) in [5.74, 6) is 1.68. The molecule has 0 unspecified atom stereocenters. The molecule has 1 aromatic carbocycles. The molecule has 0 fully saturated rings. The van der Waals surface area contributed by atoms with E-state index in [0.717, 1.165) is 23.3 Å². The van der Waals surface area contributed by atoms with Gasteiger partial charge in [-0.1, -0.05) is 13.0 Å². The highest BCUT2D eigenvalue weighted by molar-refractivity contribution is 6.17. The Hall–Kier alpha value is -1.02. The minimum Gasteiger partial charge on any atom is -0.331 e. The van der Waals surface area contributed by atoms with Gasteiger partial charge in [-0.2, -0.15) is 0 Å². The van der Waals surface area contributed by atoms with E-state index in [1.165, 1.54) is 5.52 Å². The first-order valence-electron chi connectivity index (χ1n) is 4.76. The molecular weight excluding hydrogens is 196 g/mol. The smallest absolute Gasteiger partial charge is 0.109 e. The third-order valence-electron chi connectivity index (χ3n) is 2.51. The van der Waals surface area contributed by atoms with Crippen molar-refractivity contribution in [2.75, 3.05) is 0 Å². The number of hydrogen-bond acceptors (Lipinski definition) is 1. The zero-order valence-corrected chi connectivity index (χ0v) is 9.17. The quantitative estimate of drug-likeness (QED) is 0.694. The number of alkyl halides is 1.